The molecule has 0 aliphatic carbocycles. The first-order chi connectivity index (χ1) is 9.15. The van der Waals surface area contributed by atoms with E-state index in [1.165, 1.54) is 6.42 Å². The zero-order valence-corrected chi connectivity index (χ0v) is 13.3. The minimum atomic E-state index is -0.0510. The maximum absolute atomic E-state index is 12.6. The van der Waals surface area contributed by atoms with Crippen LogP contribution in [0.25, 0.3) is 0 Å². The van der Waals surface area contributed by atoms with E-state index in [4.69, 9.17) is 23.2 Å². The van der Waals surface area contributed by atoms with Gasteiger partial charge in [-0.15, -0.1) is 12.4 Å². The molecule has 2 aliphatic rings. The zero-order chi connectivity index (χ0) is 13.4. The fraction of sp³-hybridized carbons (Fsp3) is 0.500. The predicted octanol–water partition coefficient (Wildman–Crippen LogP) is 3.38. The summed E-state index contributed by atoms with van der Waals surface area (Å²) in [5.74, 6) is -0.0510. The molecule has 0 aromatic heterocycles. The van der Waals surface area contributed by atoms with Crippen molar-refractivity contribution in [2.45, 2.75) is 31.3 Å². The van der Waals surface area contributed by atoms with Gasteiger partial charge in [-0.3, -0.25) is 4.79 Å². The summed E-state index contributed by atoms with van der Waals surface area (Å²) in [6.45, 7) is 1.52. The van der Waals surface area contributed by atoms with Crippen molar-refractivity contribution in [3.8, 4) is 0 Å². The summed E-state index contributed by atoms with van der Waals surface area (Å²) in [5, 5.41) is 4.42. The minimum Gasteiger partial charge on any atom is -0.337 e. The van der Waals surface area contributed by atoms with Crippen molar-refractivity contribution in [1.29, 1.82) is 0 Å². The van der Waals surface area contributed by atoms with Gasteiger partial charge in [-0.1, -0.05) is 29.3 Å². The molecule has 2 fully saturated rings. The molecule has 1 aromatic carbocycles. The highest BCUT2D eigenvalue weighted by molar-refractivity contribution is 6.39. The number of nitrogens with one attached hydrogen (secondary N) is 1. The lowest BCUT2D eigenvalue weighted by atomic mass is 10.1. The molecule has 6 heteroatoms. The van der Waals surface area contributed by atoms with Gasteiger partial charge < -0.3 is 10.2 Å². The predicted molar refractivity (Wildman–Crippen MR) is 84.2 cm³/mol. The van der Waals surface area contributed by atoms with Gasteiger partial charge in [0.25, 0.3) is 5.91 Å². The molecule has 3 rings (SSSR count). The standard InChI is InChI=1S/C14H16Cl2N2O.ClH/c15-11-2-1-3-12(16)13(11)14(19)18-7-6-9-4-5-10(8-18)17-9;/h1-3,9-10,17H,4-8H2;1H. The monoisotopic (exact) mass is 334 g/mol. The molecule has 2 saturated heterocycles. The maximum atomic E-state index is 12.6. The molecule has 20 heavy (non-hydrogen) atoms. The molecule has 2 aliphatic heterocycles. The molecular weight excluding hydrogens is 319 g/mol. The second-order valence-corrected chi connectivity index (χ2v) is 6.09. The number of likely N-dealkylation sites (tertiary alicyclic amines) is 1. The highest BCUT2D eigenvalue weighted by Crippen LogP contribution is 2.28. The van der Waals surface area contributed by atoms with Crippen molar-refractivity contribution in [2.75, 3.05) is 13.1 Å². The van der Waals surface area contributed by atoms with E-state index in [9.17, 15) is 4.79 Å². The number of rotatable bonds is 1. The largest absolute Gasteiger partial charge is 0.337 e. The van der Waals surface area contributed by atoms with Crippen molar-refractivity contribution >= 4 is 41.5 Å². The molecule has 2 bridgehead atoms. The molecule has 2 atom stereocenters. The van der Waals surface area contributed by atoms with Crippen LogP contribution < -0.4 is 5.32 Å². The van der Waals surface area contributed by atoms with E-state index in [0.29, 0.717) is 27.7 Å². The van der Waals surface area contributed by atoms with Crippen molar-refractivity contribution in [2.24, 2.45) is 0 Å². The van der Waals surface area contributed by atoms with Crippen LogP contribution in [0.4, 0.5) is 0 Å². The Morgan fingerprint density at radius 2 is 1.80 bits per heavy atom. The summed E-state index contributed by atoms with van der Waals surface area (Å²) in [4.78, 5) is 14.5. The second-order valence-electron chi connectivity index (χ2n) is 5.27. The van der Waals surface area contributed by atoms with Gasteiger partial charge in [0.1, 0.15) is 0 Å². The van der Waals surface area contributed by atoms with E-state index in [1.54, 1.807) is 18.2 Å². The Bertz CT molecular complexity index is 489. The molecule has 2 heterocycles. The molecule has 2 unspecified atom stereocenters. The van der Waals surface area contributed by atoms with Crippen LogP contribution in [-0.4, -0.2) is 36.0 Å². The summed E-state index contributed by atoms with van der Waals surface area (Å²) in [7, 11) is 0. The zero-order valence-electron chi connectivity index (χ0n) is 10.9. The third-order valence-electron chi connectivity index (χ3n) is 3.99. The Morgan fingerprint density at radius 1 is 1.15 bits per heavy atom. The Hall–Kier alpha value is -0.480. The summed E-state index contributed by atoms with van der Waals surface area (Å²) in [6.07, 6.45) is 3.37. The summed E-state index contributed by atoms with van der Waals surface area (Å²) >= 11 is 12.2. The third-order valence-corrected chi connectivity index (χ3v) is 4.62. The van der Waals surface area contributed by atoms with Crippen LogP contribution in [0.2, 0.25) is 10.0 Å². The first-order valence-corrected chi connectivity index (χ1v) is 7.40. The molecular formula is C14H17Cl3N2O. The average Bonchev–Trinajstić information content (AvgIpc) is 2.68. The van der Waals surface area contributed by atoms with Crippen molar-refractivity contribution in [1.82, 2.24) is 10.2 Å². The highest BCUT2D eigenvalue weighted by Gasteiger charge is 2.32. The van der Waals surface area contributed by atoms with Crippen LogP contribution in [0.3, 0.4) is 0 Å². The number of fused-ring (bicyclic) bond motifs is 2. The molecule has 1 aromatic rings. The molecule has 0 radical (unpaired) electrons. The quantitative estimate of drug-likeness (QED) is 0.853. The Labute approximate surface area is 135 Å². The number of benzene rings is 1. The van der Waals surface area contributed by atoms with Crippen molar-refractivity contribution in [3.05, 3.63) is 33.8 Å². The second kappa shape index (κ2) is 6.52. The van der Waals surface area contributed by atoms with E-state index in [-0.39, 0.29) is 18.3 Å². The lowest BCUT2D eigenvalue weighted by Crippen LogP contribution is -2.39. The molecule has 110 valence electrons. The number of hydrogen-bond donors (Lipinski definition) is 1. The number of amides is 1. The van der Waals surface area contributed by atoms with E-state index in [2.05, 4.69) is 5.32 Å². The minimum absolute atomic E-state index is 0. The fourth-order valence-electron chi connectivity index (χ4n) is 2.99. The van der Waals surface area contributed by atoms with Gasteiger partial charge in [0, 0.05) is 25.2 Å². The molecule has 0 spiro atoms. The van der Waals surface area contributed by atoms with Gasteiger partial charge >= 0.3 is 0 Å². The van der Waals surface area contributed by atoms with Gasteiger partial charge in [-0.25, -0.2) is 0 Å². The first-order valence-electron chi connectivity index (χ1n) is 6.64. The van der Waals surface area contributed by atoms with Crippen LogP contribution in [0.5, 0.6) is 0 Å². The SMILES string of the molecule is Cl.O=C(c1c(Cl)cccc1Cl)N1CCC2CCC(C1)N2. The fourth-order valence-corrected chi connectivity index (χ4v) is 3.55. The Balaban J connectivity index is 0.00000147. The maximum Gasteiger partial charge on any atom is 0.256 e. The number of nitrogens with zero attached hydrogens (tertiary/aromatic N) is 1. The van der Waals surface area contributed by atoms with Gasteiger partial charge in [-0.05, 0) is 31.4 Å². The van der Waals surface area contributed by atoms with Gasteiger partial charge in [0.15, 0.2) is 0 Å². The van der Waals surface area contributed by atoms with Crippen molar-refractivity contribution in [3.63, 3.8) is 0 Å². The van der Waals surface area contributed by atoms with Gasteiger partial charge in [-0.2, -0.15) is 0 Å². The molecule has 1 N–H and O–H groups in total. The van der Waals surface area contributed by atoms with Gasteiger partial charge in [0.05, 0.1) is 15.6 Å². The normalized spacial score (nSPS) is 25.0. The van der Waals surface area contributed by atoms with E-state index in [1.807, 2.05) is 4.90 Å². The number of carbonyl (C=O) groups is 1. The average molecular weight is 336 g/mol. The first kappa shape index (κ1) is 15.9. The lowest BCUT2D eigenvalue weighted by molar-refractivity contribution is 0.0748. The summed E-state index contributed by atoms with van der Waals surface area (Å²) < 4.78 is 0. The van der Waals surface area contributed by atoms with E-state index in [0.717, 1.165) is 25.9 Å². The van der Waals surface area contributed by atoms with Crippen molar-refractivity contribution < 1.29 is 4.79 Å². The van der Waals surface area contributed by atoms with E-state index >= 15 is 0 Å². The highest BCUT2D eigenvalue weighted by atomic mass is 35.5. The molecule has 0 saturated carbocycles. The third kappa shape index (κ3) is 3.06. The Kier molecular flexibility index (Phi) is 5.19. The smallest absolute Gasteiger partial charge is 0.256 e. The number of halogens is 3. The van der Waals surface area contributed by atoms with Crippen LogP contribution in [-0.2, 0) is 0 Å². The van der Waals surface area contributed by atoms with Crippen LogP contribution >= 0.6 is 35.6 Å². The van der Waals surface area contributed by atoms with E-state index < -0.39 is 0 Å². The lowest BCUT2D eigenvalue weighted by Gasteiger charge is -2.25. The number of hydrogen-bond acceptors (Lipinski definition) is 2. The van der Waals surface area contributed by atoms with Crippen LogP contribution in [0.1, 0.15) is 29.6 Å². The van der Waals surface area contributed by atoms with Crippen LogP contribution in [0.15, 0.2) is 18.2 Å². The topological polar surface area (TPSA) is 32.3 Å². The summed E-state index contributed by atoms with van der Waals surface area (Å²) in [6, 6.07) is 6.15. The van der Waals surface area contributed by atoms with Gasteiger partial charge in [0.2, 0.25) is 0 Å². The van der Waals surface area contributed by atoms with Crippen LogP contribution in [0, 0.1) is 0 Å². The number of carbonyl (C=O) groups excluding carboxylic acids is 1. The summed E-state index contributed by atoms with van der Waals surface area (Å²) in [5.41, 5.74) is 0.434. The molecule has 3 nitrogen and oxygen atoms in total. The molecule has 1 amide bonds. The Morgan fingerprint density at radius 3 is 2.50 bits per heavy atom.